The van der Waals surface area contributed by atoms with E-state index in [-0.39, 0.29) is 17.5 Å². The fourth-order valence-electron chi connectivity index (χ4n) is 3.68. The molecule has 0 amide bonds. The minimum absolute atomic E-state index is 0.0407. The molecule has 0 aliphatic carbocycles. The average Bonchev–Trinajstić information content (AvgIpc) is 2.75. The van der Waals surface area contributed by atoms with Crippen molar-refractivity contribution in [1.82, 2.24) is 0 Å². The second-order valence-electron chi connectivity index (χ2n) is 7.25. The van der Waals surface area contributed by atoms with Crippen LogP contribution in [0.4, 0.5) is 0 Å². The summed E-state index contributed by atoms with van der Waals surface area (Å²) in [7, 11) is 0. The number of aromatic hydroxyl groups is 2. The summed E-state index contributed by atoms with van der Waals surface area (Å²) in [6.45, 7) is 1.08. The molecule has 168 valence electrons. The molecule has 0 heterocycles. The van der Waals surface area contributed by atoms with Gasteiger partial charge in [0.05, 0.1) is 0 Å². The van der Waals surface area contributed by atoms with E-state index in [1.165, 1.54) is 12.1 Å². The van der Waals surface area contributed by atoms with Gasteiger partial charge in [0.25, 0.3) is 5.97 Å². The summed E-state index contributed by atoms with van der Waals surface area (Å²) in [5.41, 5.74) is 0.112. The van der Waals surface area contributed by atoms with Gasteiger partial charge in [-0.1, -0.05) is 48.5 Å². The molecule has 4 aromatic carbocycles. The van der Waals surface area contributed by atoms with Crippen LogP contribution < -0.4 is 0 Å². The van der Waals surface area contributed by atoms with Crippen LogP contribution in [0.15, 0.2) is 60.7 Å². The molecule has 0 aliphatic rings. The molecule has 0 unspecified atom stereocenters. The van der Waals surface area contributed by atoms with Gasteiger partial charge in [0, 0.05) is 24.5 Å². The molecule has 0 spiro atoms. The van der Waals surface area contributed by atoms with Gasteiger partial charge in [0.2, 0.25) is 0 Å². The molecule has 0 radical (unpaired) electrons. The Bertz CT molecular complexity index is 1300. The molecular formula is C25H20O8. The van der Waals surface area contributed by atoms with E-state index >= 15 is 0 Å². The largest absolute Gasteiger partial charge is 0.507 e. The second kappa shape index (κ2) is 9.27. The minimum atomic E-state index is -1.28. The van der Waals surface area contributed by atoms with E-state index in [0.717, 1.165) is 6.92 Å². The zero-order valence-electron chi connectivity index (χ0n) is 17.4. The van der Waals surface area contributed by atoms with Crippen molar-refractivity contribution in [1.29, 1.82) is 0 Å². The predicted octanol–water partition coefficient (Wildman–Crippen LogP) is 4.48. The topological polar surface area (TPSA) is 152 Å². The number of aliphatic carboxylic acids is 1. The van der Waals surface area contributed by atoms with Crippen LogP contribution in [0.25, 0.3) is 21.5 Å². The molecule has 4 rings (SSSR count). The highest BCUT2D eigenvalue weighted by molar-refractivity contribution is 6.02. The fraction of sp³-hybridized carbons (Fsp3) is 0.0800. The Balaban J connectivity index is 0.000000709. The van der Waals surface area contributed by atoms with E-state index in [2.05, 4.69) is 0 Å². The molecule has 0 atom stereocenters. The van der Waals surface area contributed by atoms with Crippen LogP contribution in [0, 0.1) is 0 Å². The van der Waals surface area contributed by atoms with Gasteiger partial charge < -0.3 is 25.5 Å². The summed E-state index contributed by atoms with van der Waals surface area (Å²) in [5.74, 6) is -4.19. The van der Waals surface area contributed by atoms with E-state index in [1.54, 1.807) is 48.5 Å². The monoisotopic (exact) mass is 448 g/mol. The lowest BCUT2D eigenvalue weighted by molar-refractivity contribution is -0.134. The van der Waals surface area contributed by atoms with E-state index in [9.17, 15) is 30.0 Å². The third-order valence-electron chi connectivity index (χ3n) is 5.07. The maximum absolute atomic E-state index is 11.6. The average molecular weight is 448 g/mol. The van der Waals surface area contributed by atoms with E-state index in [4.69, 9.17) is 9.90 Å². The Hall–Kier alpha value is -4.59. The number of aromatic carboxylic acids is 2. The first-order chi connectivity index (χ1) is 15.6. The van der Waals surface area contributed by atoms with E-state index in [0.29, 0.717) is 32.7 Å². The first-order valence-corrected chi connectivity index (χ1v) is 9.75. The van der Waals surface area contributed by atoms with Gasteiger partial charge in [-0.05, 0) is 33.7 Å². The number of hydrogen-bond acceptors (Lipinski definition) is 5. The molecule has 33 heavy (non-hydrogen) atoms. The summed E-state index contributed by atoms with van der Waals surface area (Å²) in [5, 5.41) is 50.2. The van der Waals surface area contributed by atoms with Crippen molar-refractivity contribution in [2.75, 3.05) is 0 Å². The lowest BCUT2D eigenvalue weighted by Crippen LogP contribution is -2.04. The maximum Gasteiger partial charge on any atom is 0.339 e. The number of rotatable bonds is 4. The summed E-state index contributed by atoms with van der Waals surface area (Å²) in [4.78, 5) is 32.2. The Morgan fingerprint density at radius 3 is 1.33 bits per heavy atom. The zero-order valence-corrected chi connectivity index (χ0v) is 17.4. The standard InChI is InChI=1S/C23H16O6.C2H4O2/c24-20-16(14-7-3-1-5-12(14)9-18(20)22(26)27)11-17-15-8-4-2-6-13(15)10-19(21(17)25)23(28)29;1-2(3)4/h1-10,24-25H,11H2,(H,26,27)(H,28,29);1H3,(H,3,4). The van der Waals surface area contributed by atoms with Crippen LogP contribution in [-0.4, -0.2) is 43.4 Å². The van der Waals surface area contributed by atoms with Crippen LogP contribution in [0.1, 0.15) is 38.8 Å². The number of phenols is 2. The molecule has 0 saturated carbocycles. The summed E-state index contributed by atoms with van der Waals surface area (Å²) in [6.07, 6.45) is -0.0407. The lowest BCUT2D eigenvalue weighted by atomic mass is 9.90. The SMILES string of the molecule is CC(=O)O.O=C(O)c1cc2ccccc2c(Cc2c(O)c(C(=O)O)cc3ccccc23)c1O. The van der Waals surface area contributed by atoms with Crippen molar-refractivity contribution in [2.45, 2.75) is 13.3 Å². The summed E-state index contributed by atoms with van der Waals surface area (Å²) >= 11 is 0. The van der Waals surface area contributed by atoms with Crippen molar-refractivity contribution < 1.29 is 39.9 Å². The molecule has 8 heteroatoms. The van der Waals surface area contributed by atoms with Crippen molar-refractivity contribution in [3.05, 3.63) is 82.9 Å². The Morgan fingerprint density at radius 1 is 0.667 bits per heavy atom. The van der Waals surface area contributed by atoms with Gasteiger partial charge >= 0.3 is 11.9 Å². The molecular weight excluding hydrogens is 428 g/mol. The quantitative estimate of drug-likeness (QED) is 0.306. The smallest absolute Gasteiger partial charge is 0.339 e. The lowest BCUT2D eigenvalue weighted by Gasteiger charge is -2.16. The third-order valence-corrected chi connectivity index (χ3v) is 5.07. The Kier molecular flexibility index (Phi) is 6.48. The summed E-state index contributed by atoms with van der Waals surface area (Å²) < 4.78 is 0. The molecule has 5 N–H and O–H groups in total. The van der Waals surface area contributed by atoms with Crippen molar-refractivity contribution in [3.8, 4) is 11.5 Å². The van der Waals surface area contributed by atoms with Crippen LogP contribution in [-0.2, 0) is 11.2 Å². The van der Waals surface area contributed by atoms with Crippen molar-refractivity contribution in [2.24, 2.45) is 0 Å². The van der Waals surface area contributed by atoms with Crippen LogP contribution in [0.3, 0.4) is 0 Å². The Morgan fingerprint density at radius 2 is 1.00 bits per heavy atom. The van der Waals surface area contributed by atoms with Crippen molar-refractivity contribution in [3.63, 3.8) is 0 Å². The van der Waals surface area contributed by atoms with Gasteiger partial charge in [-0.3, -0.25) is 4.79 Å². The van der Waals surface area contributed by atoms with Crippen LogP contribution >= 0.6 is 0 Å². The first kappa shape index (κ1) is 23.1. The maximum atomic E-state index is 11.6. The van der Waals surface area contributed by atoms with Crippen LogP contribution in [0.5, 0.6) is 11.5 Å². The number of carboxylic acid groups (broad SMARTS) is 3. The molecule has 0 fully saturated rings. The highest BCUT2D eigenvalue weighted by atomic mass is 16.4. The molecule has 0 saturated heterocycles. The normalized spacial score (nSPS) is 10.5. The highest BCUT2D eigenvalue weighted by Gasteiger charge is 2.22. The van der Waals surface area contributed by atoms with Gasteiger partial charge in [-0.25, -0.2) is 9.59 Å². The molecule has 0 aromatic heterocycles. The Labute approximate surface area is 187 Å². The van der Waals surface area contributed by atoms with Gasteiger partial charge in [-0.15, -0.1) is 0 Å². The predicted molar refractivity (Wildman–Crippen MR) is 121 cm³/mol. The van der Waals surface area contributed by atoms with E-state index in [1.807, 2.05) is 0 Å². The van der Waals surface area contributed by atoms with Gasteiger partial charge in [0.1, 0.15) is 22.6 Å². The summed E-state index contributed by atoms with van der Waals surface area (Å²) in [6, 6.07) is 16.8. The number of carboxylic acids is 3. The third kappa shape index (κ3) is 4.69. The fourth-order valence-corrected chi connectivity index (χ4v) is 3.68. The number of benzene rings is 4. The van der Waals surface area contributed by atoms with Crippen LogP contribution in [0.2, 0.25) is 0 Å². The molecule has 0 aliphatic heterocycles. The van der Waals surface area contributed by atoms with Gasteiger partial charge in [-0.2, -0.15) is 0 Å². The number of hydrogen-bond donors (Lipinski definition) is 5. The zero-order chi connectivity index (χ0) is 24.3. The highest BCUT2D eigenvalue weighted by Crippen LogP contribution is 2.38. The minimum Gasteiger partial charge on any atom is -0.507 e. The van der Waals surface area contributed by atoms with Crippen molar-refractivity contribution >= 4 is 39.5 Å². The first-order valence-electron chi connectivity index (χ1n) is 9.75. The van der Waals surface area contributed by atoms with E-state index < -0.39 is 29.4 Å². The number of carbonyl (C=O) groups is 3. The molecule has 0 bridgehead atoms. The number of fused-ring (bicyclic) bond motifs is 2. The molecule has 8 nitrogen and oxygen atoms in total. The van der Waals surface area contributed by atoms with Gasteiger partial charge in [0.15, 0.2) is 0 Å². The second-order valence-corrected chi connectivity index (χ2v) is 7.25. The molecule has 4 aromatic rings.